The highest BCUT2D eigenvalue weighted by Crippen LogP contribution is 2.42. The molecule has 1 aliphatic heterocycles. The highest BCUT2D eigenvalue weighted by atomic mass is 79.9. The summed E-state index contributed by atoms with van der Waals surface area (Å²) in [6.45, 7) is 0. The molecule has 1 fully saturated rings. The maximum atomic E-state index is 13.5. The second-order valence-corrected chi connectivity index (χ2v) is 4.50. The van der Waals surface area contributed by atoms with Gasteiger partial charge in [0.05, 0.1) is 5.71 Å². The normalized spacial score (nSPS) is 28.0. The van der Waals surface area contributed by atoms with Crippen molar-refractivity contribution in [2.24, 2.45) is 11.1 Å². The molecule has 0 saturated heterocycles. The van der Waals surface area contributed by atoms with E-state index >= 15 is 0 Å². The molecule has 14 heavy (non-hydrogen) atoms. The van der Waals surface area contributed by atoms with Crippen molar-refractivity contribution in [1.29, 1.82) is 0 Å². The lowest BCUT2D eigenvalue weighted by atomic mass is 10.1. The fraction of sp³-hybridized carbons (Fsp3) is 0.300. The lowest BCUT2D eigenvalue weighted by Gasteiger charge is -2.02. The van der Waals surface area contributed by atoms with Crippen molar-refractivity contribution in [3.05, 3.63) is 34.1 Å². The maximum Gasteiger partial charge on any atom is 0.137 e. The molecule has 2 unspecified atom stereocenters. The predicted octanol–water partition coefficient (Wildman–Crippen LogP) is 2.71. The van der Waals surface area contributed by atoms with Gasteiger partial charge in [0, 0.05) is 16.0 Å². The van der Waals surface area contributed by atoms with Crippen LogP contribution in [-0.2, 0) is 4.84 Å². The molecule has 72 valence electrons. The molecule has 0 spiro atoms. The van der Waals surface area contributed by atoms with Gasteiger partial charge in [-0.3, -0.25) is 0 Å². The van der Waals surface area contributed by atoms with Crippen LogP contribution in [0.1, 0.15) is 12.0 Å². The van der Waals surface area contributed by atoms with E-state index in [2.05, 4.69) is 21.1 Å². The fourth-order valence-corrected chi connectivity index (χ4v) is 2.07. The van der Waals surface area contributed by atoms with Crippen LogP contribution in [0.4, 0.5) is 4.39 Å². The number of oxime groups is 1. The van der Waals surface area contributed by atoms with Crippen LogP contribution >= 0.6 is 15.9 Å². The van der Waals surface area contributed by atoms with Gasteiger partial charge in [-0.2, -0.15) is 0 Å². The molecular weight excluding hydrogens is 249 g/mol. The summed E-state index contributed by atoms with van der Waals surface area (Å²) in [5.41, 5.74) is 1.32. The fourth-order valence-electron chi connectivity index (χ4n) is 1.71. The van der Waals surface area contributed by atoms with Gasteiger partial charge in [0.2, 0.25) is 0 Å². The zero-order valence-electron chi connectivity index (χ0n) is 7.21. The Bertz CT molecular complexity index is 432. The van der Waals surface area contributed by atoms with E-state index in [-0.39, 0.29) is 11.9 Å². The minimum Gasteiger partial charge on any atom is -0.392 e. The second kappa shape index (κ2) is 2.79. The SMILES string of the molecule is Fc1ccc(Br)cc1C1=NOC2CC12. The number of hydrogen-bond acceptors (Lipinski definition) is 2. The van der Waals surface area contributed by atoms with Crippen LogP contribution in [0.25, 0.3) is 0 Å². The third-order valence-corrected chi connectivity index (χ3v) is 3.07. The zero-order chi connectivity index (χ0) is 9.71. The van der Waals surface area contributed by atoms with E-state index in [1.54, 1.807) is 12.1 Å². The van der Waals surface area contributed by atoms with Crippen molar-refractivity contribution < 1.29 is 9.23 Å². The van der Waals surface area contributed by atoms with Crippen molar-refractivity contribution in [2.75, 3.05) is 0 Å². The van der Waals surface area contributed by atoms with Crippen molar-refractivity contribution >= 4 is 21.6 Å². The molecule has 0 bridgehead atoms. The van der Waals surface area contributed by atoms with Crippen molar-refractivity contribution in [2.45, 2.75) is 12.5 Å². The molecule has 1 saturated carbocycles. The minimum atomic E-state index is -0.233. The third kappa shape index (κ3) is 1.17. The molecule has 0 amide bonds. The molecule has 2 atom stereocenters. The predicted molar refractivity (Wildman–Crippen MR) is 53.6 cm³/mol. The molecule has 1 heterocycles. The summed E-state index contributed by atoms with van der Waals surface area (Å²) in [5.74, 6) is 0.0851. The molecule has 0 N–H and O–H groups in total. The molecule has 3 rings (SSSR count). The lowest BCUT2D eigenvalue weighted by molar-refractivity contribution is 0.140. The van der Waals surface area contributed by atoms with Crippen LogP contribution in [0.5, 0.6) is 0 Å². The van der Waals surface area contributed by atoms with Crippen LogP contribution in [0.2, 0.25) is 0 Å². The largest absolute Gasteiger partial charge is 0.392 e. The van der Waals surface area contributed by atoms with Gasteiger partial charge in [-0.1, -0.05) is 21.1 Å². The van der Waals surface area contributed by atoms with Gasteiger partial charge in [-0.25, -0.2) is 4.39 Å². The van der Waals surface area contributed by atoms with Crippen LogP contribution < -0.4 is 0 Å². The number of fused-ring (bicyclic) bond motifs is 1. The Hall–Kier alpha value is -0.900. The first-order valence-corrected chi connectivity index (χ1v) is 5.24. The summed E-state index contributed by atoms with van der Waals surface area (Å²) in [6.07, 6.45) is 1.19. The number of benzene rings is 1. The van der Waals surface area contributed by atoms with Gasteiger partial charge in [0.1, 0.15) is 11.9 Å². The van der Waals surface area contributed by atoms with Crippen LogP contribution in [0, 0.1) is 11.7 Å². The summed E-state index contributed by atoms with van der Waals surface area (Å²) in [5, 5.41) is 3.89. The Morgan fingerprint density at radius 1 is 1.50 bits per heavy atom. The van der Waals surface area contributed by atoms with E-state index in [9.17, 15) is 4.39 Å². The first-order chi connectivity index (χ1) is 6.75. The Labute approximate surface area is 88.9 Å². The molecule has 0 radical (unpaired) electrons. The Kier molecular flexibility index (Phi) is 1.68. The average molecular weight is 256 g/mol. The highest BCUT2D eigenvalue weighted by Gasteiger charge is 2.49. The van der Waals surface area contributed by atoms with Gasteiger partial charge in [-0.05, 0) is 24.6 Å². The quantitative estimate of drug-likeness (QED) is 0.757. The highest BCUT2D eigenvalue weighted by molar-refractivity contribution is 9.10. The van der Waals surface area contributed by atoms with Crippen molar-refractivity contribution in [3.8, 4) is 0 Å². The molecule has 0 aromatic heterocycles. The summed E-state index contributed by atoms with van der Waals surface area (Å²) >= 11 is 3.31. The number of nitrogens with zero attached hydrogens (tertiary/aromatic N) is 1. The van der Waals surface area contributed by atoms with E-state index in [1.807, 2.05) is 0 Å². The molecule has 4 heteroatoms. The molecular formula is C10H7BrFNO. The van der Waals surface area contributed by atoms with E-state index in [0.717, 1.165) is 16.6 Å². The number of hydrogen-bond donors (Lipinski definition) is 0. The summed E-state index contributed by atoms with van der Waals surface area (Å²) in [6, 6.07) is 4.87. The van der Waals surface area contributed by atoms with Gasteiger partial charge < -0.3 is 4.84 Å². The third-order valence-electron chi connectivity index (χ3n) is 2.57. The van der Waals surface area contributed by atoms with Crippen LogP contribution in [-0.4, -0.2) is 11.8 Å². The van der Waals surface area contributed by atoms with Gasteiger partial charge in [0.25, 0.3) is 0 Å². The summed E-state index contributed by atoms with van der Waals surface area (Å²) < 4.78 is 14.3. The molecule has 1 aliphatic carbocycles. The van der Waals surface area contributed by atoms with Crippen LogP contribution in [0.15, 0.2) is 27.8 Å². The second-order valence-electron chi connectivity index (χ2n) is 3.59. The van der Waals surface area contributed by atoms with Gasteiger partial charge in [0.15, 0.2) is 0 Å². The van der Waals surface area contributed by atoms with E-state index in [4.69, 9.17) is 4.84 Å². The average Bonchev–Trinajstić information content (AvgIpc) is 2.83. The Morgan fingerprint density at radius 3 is 3.00 bits per heavy atom. The van der Waals surface area contributed by atoms with Gasteiger partial charge in [-0.15, -0.1) is 0 Å². The summed E-state index contributed by atoms with van der Waals surface area (Å²) in [4.78, 5) is 5.09. The van der Waals surface area contributed by atoms with Crippen molar-refractivity contribution in [3.63, 3.8) is 0 Å². The standard InChI is InChI=1S/C10H7BrFNO/c11-5-1-2-8(12)6(3-5)10-7-4-9(7)14-13-10/h1-3,7,9H,4H2. The van der Waals surface area contributed by atoms with E-state index < -0.39 is 0 Å². The molecule has 1 aromatic rings. The molecule has 2 aliphatic rings. The van der Waals surface area contributed by atoms with Crippen LogP contribution in [0.3, 0.4) is 0 Å². The summed E-state index contributed by atoms with van der Waals surface area (Å²) in [7, 11) is 0. The number of halogens is 2. The van der Waals surface area contributed by atoms with E-state index in [0.29, 0.717) is 11.5 Å². The maximum absolute atomic E-state index is 13.5. The monoisotopic (exact) mass is 255 g/mol. The van der Waals surface area contributed by atoms with Crippen molar-refractivity contribution in [1.82, 2.24) is 0 Å². The Balaban J connectivity index is 2.06. The molecule has 1 aromatic carbocycles. The van der Waals surface area contributed by atoms with Gasteiger partial charge >= 0.3 is 0 Å². The lowest BCUT2D eigenvalue weighted by Crippen LogP contribution is -2.04. The topological polar surface area (TPSA) is 21.6 Å². The molecule has 2 nitrogen and oxygen atoms in total. The van der Waals surface area contributed by atoms with E-state index in [1.165, 1.54) is 6.07 Å². The number of rotatable bonds is 1. The Morgan fingerprint density at radius 2 is 2.36 bits per heavy atom. The first-order valence-electron chi connectivity index (χ1n) is 4.45. The minimum absolute atomic E-state index is 0.211. The smallest absolute Gasteiger partial charge is 0.137 e. The first kappa shape index (κ1) is 8.41. The zero-order valence-corrected chi connectivity index (χ0v) is 8.79.